The second-order valence-corrected chi connectivity index (χ2v) is 7.42. The maximum Gasteiger partial charge on any atom is 0.341 e. The van der Waals surface area contributed by atoms with E-state index >= 15 is 0 Å². The Labute approximate surface area is 165 Å². The van der Waals surface area contributed by atoms with Gasteiger partial charge in [0.25, 0.3) is 0 Å². The van der Waals surface area contributed by atoms with Gasteiger partial charge < -0.3 is 14.6 Å². The fourth-order valence-electron chi connectivity index (χ4n) is 3.84. The highest BCUT2D eigenvalue weighted by Gasteiger charge is 2.37. The number of nitrogens with zero attached hydrogens (tertiary/aromatic N) is 4. The lowest BCUT2D eigenvalue weighted by Crippen LogP contribution is -2.44. The molecule has 3 heterocycles. The zero-order valence-corrected chi connectivity index (χ0v) is 15.6. The summed E-state index contributed by atoms with van der Waals surface area (Å²) in [5, 5.41) is 17.8. The third kappa shape index (κ3) is 2.71. The van der Waals surface area contributed by atoms with Gasteiger partial charge in [0.1, 0.15) is 11.4 Å². The summed E-state index contributed by atoms with van der Waals surface area (Å²) in [5.74, 6) is -1.51. The van der Waals surface area contributed by atoms with E-state index in [9.17, 15) is 19.1 Å². The summed E-state index contributed by atoms with van der Waals surface area (Å²) in [5.41, 5.74) is 1.56. The second kappa shape index (κ2) is 6.23. The van der Waals surface area contributed by atoms with Crippen molar-refractivity contribution in [2.75, 3.05) is 11.4 Å². The molecule has 0 atom stereocenters. The Morgan fingerprint density at radius 3 is 2.69 bits per heavy atom. The number of hydrogen-bond acceptors (Lipinski definition) is 5. The van der Waals surface area contributed by atoms with Gasteiger partial charge in [0.2, 0.25) is 5.43 Å². The molecule has 1 aromatic heterocycles. The van der Waals surface area contributed by atoms with E-state index in [1.807, 2.05) is 31.2 Å². The van der Waals surface area contributed by atoms with E-state index in [1.54, 1.807) is 9.47 Å². The average Bonchev–Trinajstić information content (AvgIpc) is 3.54. The lowest BCUT2D eigenvalue weighted by molar-refractivity contribution is 0.0694. The van der Waals surface area contributed by atoms with Crippen LogP contribution >= 0.6 is 0 Å². The fourth-order valence-corrected chi connectivity index (χ4v) is 3.84. The number of halogens is 1. The number of carboxylic acids is 1. The summed E-state index contributed by atoms with van der Waals surface area (Å²) in [6.45, 7) is 2.19. The van der Waals surface area contributed by atoms with E-state index in [4.69, 9.17) is 0 Å². The Morgan fingerprint density at radius 1 is 1.24 bits per heavy atom. The number of fused-ring (bicyclic) bond motifs is 3. The molecule has 5 rings (SSSR count). The van der Waals surface area contributed by atoms with Gasteiger partial charge >= 0.3 is 5.97 Å². The molecule has 0 spiro atoms. The van der Waals surface area contributed by atoms with Gasteiger partial charge in [-0.05, 0) is 31.4 Å². The smallest absolute Gasteiger partial charge is 0.341 e. The van der Waals surface area contributed by atoms with E-state index in [-0.39, 0.29) is 29.5 Å². The Morgan fingerprint density at radius 2 is 2.00 bits per heavy atom. The minimum atomic E-state index is -1.32. The summed E-state index contributed by atoms with van der Waals surface area (Å²) < 4.78 is 16.6. The van der Waals surface area contributed by atoms with Gasteiger partial charge in [-0.3, -0.25) is 4.79 Å². The van der Waals surface area contributed by atoms with Crippen LogP contribution in [0.2, 0.25) is 0 Å². The number of anilines is 1. The number of carboxylic acid groups (broad SMARTS) is 1. The van der Waals surface area contributed by atoms with Crippen molar-refractivity contribution in [3.63, 3.8) is 0 Å². The Hall–Kier alpha value is -3.55. The summed E-state index contributed by atoms with van der Waals surface area (Å²) in [4.78, 5) is 26.0. The van der Waals surface area contributed by atoms with Crippen molar-refractivity contribution < 1.29 is 14.3 Å². The van der Waals surface area contributed by atoms with Crippen molar-refractivity contribution in [1.82, 2.24) is 4.57 Å². The maximum absolute atomic E-state index is 14.8. The molecule has 1 saturated carbocycles. The molecular weight excluding hydrogens is 375 g/mol. The van der Waals surface area contributed by atoms with Crippen LogP contribution in [-0.2, 0) is 0 Å². The number of aromatic carboxylic acids is 1. The number of aryl methyl sites for hydroxylation is 1. The van der Waals surface area contributed by atoms with Gasteiger partial charge in [-0.1, -0.05) is 24.3 Å². The largest absolute Gasteiger partial charge is 0.477 e. The lowest BCUT2D eigenvalue weighted by atomic mass is 10.0. The van der Waals surface area contributed by atoms with E-state index in [1.165, 1.54) is 6.20 Å². The van der Waals surface area contributed by atoms with Crippen LogP contribution in [0.1, 0.15) is 45.9 Å². The zero-order chi connectivity index (χ0) is 20.3. The van der Waals surface area contributed by atoms with Crippen LogP contribution in [0.15, 0.2) is 51.3 Å². The van der Waals surface area contributed by atoms with Gasteiger partial charge in [0.05, 0.1) is 17.8 Å². The SMILES string of the molecule is Cc1ccccc1C1=NN=C2C(F)=Cc3c(n(C4CC4)cc(C(=O)O)c3=O)N2C1. The molecule has 3 aliphatic rings. The number of amidine groups is 1. The highest BCUT2D eigenvalue weighted by molar-refractivity contribution is 6.20. The molecule has 7 nitrogen and oxygen atoms in total. The monoisotopic (exact) mass is 392 g/mol. The Balaban J connectivity index is 1.71. The normalized spacial score (nSPS) is 17.7. The number of aromatic nitrogens is 1. The predicted molar refractivity (Wildman–Crippen MR) is 108 cm³/mol. The highest BCUT2D eigenvalue weighted by Crippen LogP contribution is 2.41. The van der Waals surface area contributed by atoms with Crippen molar-refractivity contribution in [2.45, 2.75) is 25.8 Å². The third-order valence-electron chi connectivity index (χ3n) is 5.44. The molecule has 146 valence electrons. The number of rotatable bonds is 3. The Kier molecular flexibility index (Phi) is 3.77. The summed E-state index contributed by atoms with van der Waals surface area (Å²) >= 11 is 0. The number of carbonyl (C=O) groups is 1. The summed E-state index contributed by atoms with van der Waals surface area (Å²) in [7, 11) is 0. The molecule has 0 amide bonds. The van der Waals surface area contributed by atoms with Gasteiger partial charge in [-0.15, -0.1) is 5.10 Å². The van der Waals surface area contributed by atoms with Crippen molar-refractivity contribution in [3.05, 3.63) is 68.8 Å². The van der Waals surface area contributed by atoms with Crippen LogP contribution in [0.4, 0.5) is 10.2 Å². The van der Waals surface area contributed by atoms with Gasteiger partial charge in [-0.2, -0.15) is 5.10 Å². The first-order chi connectivity index (χ1) is 14.0. The number of benzene rings is 1. The van der Waals surface area contributed by atoms with Gasteiger partial charge in [-0.25, -0.2) is 9.18 Å². The first-order valence-electron chi connectivity index (χ1n) is 9.33. The number of pyridine rings is 1. The molecule has 29 heavy (non-hydrogen) atoms. The standard InChI is InChI=1S/C21H17FN4O3/c1-11-4-2-3-5-13(11)17-10-26-19(24-23-17)16(22)8-14-18(27)15(21(28)29)9-25(20(14)26)12-6-7-12/h2-5,8-9,12H,6-7,10H2,1H3,(H,28,29). The molecule has 1 aliphatic carbocycles. The molecule has 0 unspecified atom stereocenters. The van der Waals surface area contributed by atoms with Gasteiger partial charge in [0.15, 0.2) is 11.7 Å². The van der Waals surface area contributed by atoms with Crippen LogP contribution in [0.3, 0.4) is 0 Å². The zero-order valence-electron chi connectivity index (χ0n) is 15.6. The fraction of sp³-hybridized carbons (Fsp3) is 0.238. The van der Waals surface area contributed by atoms with Crippen molar-refractivity contribution in [2.24, 2.45) is 10.2 Å². The Bertz CT molecular complexity index is 1220. The van der Waals surface area contributed by atoms with Crippen LogP contribution in [0, 0.1) is 6.92 Å². The summed E-state index contributed by atoms with van der Waals surface area (Å²) in [6.07, 6.45) is 4.20. The first kappa shape index (κ1) is 17.5. The van der Waals surface area contributed by atoms with Crippen molar-refractivity contribution in [3.8, 4) is 0 Å². The van der Waals surface area contributed by atoms with E-state index in [2.05, 4.69) is 10.2 Å². The average molecular weight is 392 g/mol. The molecule has 2 aliphatic heterocycles. The van der Waals surface area contributed by atoms with E-state index in [0.29, 0.717) is 11.5 Å². The third-order valence-corrected chi connectivity index (χ3v) is 5.44. The highest BCUT2D eigenvalue weighted by atomic mass is 19.1. The molecule has 8 heteroatoms. The topological polar surface area (TPSA) is 87.3 Å². The quantitative estimate of drug-likeness (QED) is 0.869. The van der Waals surface area contributed by atoms with Crippen LogP contribution in [-0.4, -0.2) is 33.7 Å². The number of hydrogen-bond donors (Lipinski definition) is 1. The van der Waals surface area contributed by atoms with Crippen molar-refractivity contribution >= 4 is 29.4 Å². The molecule has 1 fully saturated rings. The predicted octanol–water partition coefficient (Wildman–Crippen LogP) is 3.14. The van der Waals surface area contributed by atoms with E-state index < -0.39 is 17.2 Å². The molecule has 0 radical (unpaired) electrons. The molecular formula is C21H17FN4O3. The molecule has 0 bridgehead atoms. The van der Waals surface area contributed by atoms with Crippen molar-refractivity contribution in [1.29, 1.82) is 0 Å². The lowest BCUT2D eigenvalue weighted by Gasteiger charge is -2.34. The maximum atomic E-state index is 14.8. The summed E-state index contributed by atoms with van der Waals surface area (Å²) in [6, 6.07) is 7.79. The van der Waals surface area contributed by atoms with Crippen LogP contribution < -0.4 is 10.3 Å². The molecule has 1 aromatic carbocycles. The minimum absolute atomic E-state index is 0.0340. The minimum Gasteiger partial charge on any atom is -0.477 e. The van der Waals surface area contributed by atoms with Crippen LogP contribution in [0.25, 0.3) is 6.08 Å². The molecule has 0 saturated heterocycles. The first-order valence-corrected chi connectivity index (χ1v) is 9.33. The van der Waals surface area contributed by atoms with Crippen LogP contribution in [0.5, 0.6) is 0 Å². The molecule has 1 N–H and O–H groups in total. The molecule has 2 aromatic rings. The second-order valence-electron chi connectivity index (χ2n) is 7.42. The van der Waals surface area contributed by atoms with Gasteiger partial charge in [0, 0.05) is 17.8 Å². The van der Waals surface area contributed by atoms with E-state index in [0.717, 1.165) is 30.0 Å².